The summed E-state index contributed by atoms with van der Waals surface area (Å²) in [5.74, 6) is 1.07. The molecule has 2 heterocycles. The Hall–Kier alpha value is -1.89. The molecule has 0 bridgehead atoms. The lowest BCUT2D eigenvalue weighted by Crippen LogP contribution is -2.28. The molecule has 0 unspecified atom stereocenters. The van der Waals surface area contributed by atoms with Gasteiger partial charge in [-0.25, -0.2) is 0 Å². The van der Waals surface area contributed by atoms with Crippen molar-refractivity contribution >= 4 is 5.69 Å². The molecule has 0 aliphatic heterocycles. The first kappa shape index (κ1) is 13.5. The van der Waals surface area contributed by atoms with Crippen molar-refractivity contribution in [1.82, 2.24) is 19.9 Å². The van der Waals surface area contributed by atoms with Gasteiger partial charge >= 0.3 is 0 Å². The molecule has 0 atom stereocenters. The Morgan fingerprint density at radius 2 is 2.16 bits per heavy atom. The van der Waals surface area contributed by atoms with E-state index in [9.17, 15) is 0 Å². The van der Waals surface area contributed by atoms with E-state index >= 15 is 0 Å². The molecule has 2 aromatic rings. The van der Waals surface area contributed by atoms with Gasteiger partial charge in [-0.05, 0) is 12.8 Å². The number of ether oxygens (including phenoxy) is 1. The highest BCUT2D eigenvalue weighted by molar-refractivity contribution is 5.30. The zero-order chi connectivity index (χ0) is 13.9. The summed E-state index contributed by atoms with van der Waals surface area (Å²) >= 11 is 0. The van der Waals surface area contributed by atoms with Crippen LogP contribution in [0.15, 0.2) is 16.9 Å². The van der Waals surface area contributed by atoms with Gasteiger partial charge in [0.25, 0.3) is 0 Å². The van der Waals surface area contributed by atoms with Gasteiger partial charge in [0.1, 0.15) is 12.1 Å². The number of hydrogen-bond acceptors (Lipinski definition) is 6. The number of hydrogen-bond donors (Lipinski definition) is 1. The van der Waals surface area contributed by atoms with Crippen LogP contribution >= 0.6 is 0 Å². The molecule has 0 amide bonds. The van der Waals surface area contributed by atoms with Gasteiger partial charge in [0.15, 0.2) is 0 Å². The smallest absolute Gasteiger partial charge is 0.248 e. The standard InChI is InChI=1S/C12H19N5O2/c1-4-12(5-2,18-3)11-15-10(19-16-11)8-17-7-9(13)6-14-17/h6-7H,4-5,8,13H2,1-3H3. The van der Waals surface area contributed by atoms with Crippen LogP contribution in [0.4, 0.5) is 5.69 Å². The van der Waals surface area contributed by atoms with Crippen LogP contribution in [0.25, 0.3) is 0 Å². The maximum atomic E-state index is 5.60. The highest BCUT2D eigenvalue weighted by Crippen LogP contribution is 2.30. The molecule has 104 valence electrons. The Bertz CT molecular complexity index is 521. The van der Waals surface area contributed by atoms with E-state index in [-0.39, 0.29) is 0 Å². The summed E-state index contributed by atoms with van der Waals surface area (Å²) in [5, 5.41) is 8.10. The fourth-order valence-electron chi connectivity index (χ4n) is 2.05. The zero-order valence-corrected chi connectivity index (χ0v) is 11.5. The molecule has 7 heteroatoms. The average molecular weight is 265 g/mol. The van der Waals surface area contributed by atoms with Gasteiger partial charge in [-0.3, -0.25) is 4.68 Å². The fourth-order valence-corrected chi connectivity index (χ4v) is 2.05. The van der Waals surface area contributed by atoms with Crippen molar-refractivity contribution in [1.29, 1.82) is 0 Å². The van der Waals surface area contributed by atoms with Crippen molar-refractivity contribution in [3.05, 3.63) is 24.1 Å². The number of rotatable bonds is 6. The summed E-state index contributed by atoms with van der Waals surface area (Å²) in [7, 11) is 1.66. The number of aromatic nitrogens is 4. The van der Waals surface area contributed by atoms with E-state index in [4.69, 9.17) is 15.0 Å². The zero-order valence-electron chi connectivity index (χ0n) is 11.5. The summed E-state index contributed by atoms with van der Waals surface area (Å²) in [5.41, 5.74) is 5.72. The number of methoxy groups -OCH3 is 1. The van der Waals surface area contributed by atoms with Crippen LogP contribution in [0.2, 0.25) is 0 Å². The molecule has 2 aromatic heterocycles. The number of anilines is 1. The van der Waals surface area contributed by atoms with Crippen LogP contribution in [-0.2, 0) is 16.9 Å². The maximum absolute atomic E-state index is 5.60. The molecule has 0 spiro atoms. The van der Waals surface area contributed by atoms with E-state index in [0.29, 0.717) is 23.9 Å². The van der Waals surface area contributed by atoms with Crippen molar-refractivity contribution in [2.45, 2.75) is 38.8 Å². The van der Waals surface area contributed by atoms with Crippen LogP contribution < -0.4 is 5.73 Å². The molecule has 0 saturated carbocycles. The van der Waals surface area contributed by atoms with Gasteiger partial charge in [0, 0.05) is 13.3 Å². The lowest BCUT2D eigenvalue weighted by molar-refractivity contribution is -0.0306. The molecule has 0 saturated heterocycles. The Kier molecular flexibility index (Phi) is 3.84. The van der Waals surface area contributed by atoms with Crippen LogP contribution in [0, 0.1) is 0 Å². The highest BCUT2D eigenvalue weighted by Gasteiger charge is 2.33. The lowest BCUT2D eigenvalue weighted by Gasteiger charge is -2.25. The minimum absolute atomic E-state index is 0.400. The van der Waals surface area contributed by atoms with E-state index in [1.807, 2.05) is 13.8 Å². The maximum Gasteiger partial charge on any atom is 0.248 e. The van der Waals surface area contributed by atoms with Crippen molar-refractivity contribution in [3.8, 4) is 0 Å². The first-order valence-corrected chi connectivity index (χ1v) is 6.29. The predicted octanol–water partition coefficient (Wildman–Crippen LogP) is 1.56. The molecule has 2 N–H and O–H groups in total. The summed E-state index contributed by atoms with van der Waals surface area (Å²) < 4.78 is 12.5. The van der Waals surface area contributed by atoms with E-state index in [1.165, 1.54) is 0 Å². The first-order chi connectivity index (χ1) is 9.13. The molecular weight excluding hydrogens is 246 g/mol. The Morgan fingerprint density at radius 1 is 1.42 bits per heavy atom. The van der Waals surface area contributed by atoms with Crippen LogP contribution in [0.3, 0.4) is 0 Å². The summed E-state index contributed by atoms with van der Waals surface area (Å²) in [6.07, 6.45) is 4.86. The van der Waals surface area contributed by atoms with E-state index in [1.54, 1.807) is 24.2 Å². The van der Waals surface area contributed by atoms with Crippen molar-refractivity contribution in [2.24, 2.45) is 0 Å². The third kappa shape index (κ3) is 2.60. The van der Waals surface area contributed by atoms with Gasteiger partial charge < -0.3 is 15.0 Å². The van der Waals surface area contributed by atoms with Crippen molar-refractivity contribution in [2.75, 3.05) is 12.8 Å². The summed E-state index contributed by atoms with van der Waals surface area (Å²) in [6.45, 7) is 4.48. The van der Waals surface area contributed by atoms with Crippen molar-refractivity contribution in [3.63, 3.8) is 0 Å². The number of nitrogen functional groups attached to an aromatic ring is 1. The second-order valence-electron chi connectivity index (χ2n) is 4.39. The highest BCUT2D eigenvalue weighted by atomic mass is 16.5. The molecular formula is C12H19N5O2. The van der Waals surface area contributed by atoms with Crippen LogP contribution in [0.5, 0.6) is 0 Å². The van der Waals surface area contributed by atoms with E-state index < -0.39 is 5.60 Å². The van der Waals surface area contributed by atoms with E-state index in [0.717, 1.165) is 12.8 Å². The quantitative estimate of drug-likeness (QED) is 0.852. The first-order valence-electron chi connectivity index (χ1n) is 6.29. The molecule has 0 fully saturated rings. The van der Waals surface area contributed by atoms with Gasteiger partial charge in [-0.1, -0.05) is 19.0 Å². The van der Waals surface area contributed by atoms with Crippen LogP contribution in [-0.4, -0.2) is 27.0 Å². The molecule has 2 rings (SSSR count). The number of nitrogens with zero attached hydrogens (tertiary/aromatic N) is 4. The predicted molar refractivity (Wildman–Crippen MR) is 69.3 cm³/mol. The van der Waals surface area contributed by atoms with Crippen LogP contribution in [0.1, 0.15) is 38.4 Å². The van der Waals surface area contributed by atoms with E-state index in [2.05, 4.69) is 15.2 Å². The minimum atomic E-state index is -0.481. The minimum Gasteiger partial charge on any atom is -0.396 e. The SMILES string of the molecule is CCC(CC)(OC)c1noc(Cn2cc(N)cn2)n1. The molecule has 19 heavy (non-hydrogen) atoms. The summed E-state index contributed by atoms with van der Waals surface area (Å²) in [4.78, 5) is 4.40. The average Bonchev–Trinajstić information content (AvgIpc) is 3.03. The third-order valence-electron chi connectivity index (χ3n) is 3.36. The van der Waals surface area contributed by atoms with Gasteiger partial charge in [0.2, 0.25) is 11.7 Å². The number of nitrogens with two attached hydrogens (primary N) is 1. The van der Waals surface area contributed by atoms with Gasteiger partial charge in [-0.15, -0.1) is 0 Å². The second-order valence-corrected chi connectivity index (χ2v) is 4.39. The normalized spacial score (nSPS) is 11.9. The molecule has 0 aliphatic carbocycles. The monoisotopic (exact) mass is 265 g/mol. The second kappa shape index (κ2) is 5.40. The third-order valence-corrected chi connectivity index (χ3v) is 3.36. The fraction of sp³-hybridized carbons (Fsp3) is 0.583. The van der Waals surface area contributed by atoms with Crippen molar-refractivity contribution < 1.29 is 9.26 Å². The lowest BCUT2D eigenvalue weighted by atomic mass is 9.96. The molecule has 7 nitrogen and oxygen atoms in total. The Labute approximate surface area is 111 Å². The Morgan fingerprint density at radius 3 is 2.68 bits per heavy atom. The largest absolute Gasteiger partial charge is 0.396 e. The molecule has 0 aromatic carbocycles. The molecule has 0 aliphatic rings. The van der Waals surface area contributed by atoms with Gasteiger partial charge in [-0.2, -0.15) is 10.1 Å². The summed E-state index contributed by atoms with van der Waals surface area (Å²) in [6, 6.07) is 0. The topological polar surface area (TPSA) is 92.0 Å². The van der Waals surface area contributed by atoms with Gasteiger partial charge in [0.05, 0.1) is 11.9 Å². The Balaban J connectivity index is 2.18. The molecule has 0 radical (unpaired) electrons.